The van der Waals surface area contributed by atoms with Gasteiger partial charge >= 0.3 is 12.3 Å². The maximum Gasteiger partial charge on any atom is 0.419 e. The molecule has 1 aliphatic heterocycles. The van der Waals surface area contributed by atoms with Crippen LogP contribution in [0.4, 0.5) is 29.6 Å². The minimum Gasteiger partial charge on any atom is -0.452 e. The zero-order valence-corrected chi connectivity index (χ0v) is 19.5. The van der Waals surface area contributed by atoms with Gasteiger partial charge in [-0.2, -0.15) is 13.2 Å². The molecular formula is C24H27F3N6O2. The smallest absolute Gasteiger partial charge is 0.419 e. The van der Waals surface area contributed by atoms with Crippen LogP contribution in [0.2, 0.25) is 0 Å². The lowest BCUT2D eigenvalue weighted by molar-refractivity contribution is -0.137. The SMILES string of the molecule is COC(=O)N(C)c1ccc2c(-c3nc(N[C@H]4CCCNC4)ncc3C(F)(F)F)c[nH]c2c1C1CC1. The van der Waals surface area contributed by atoms with Crippen molar-refractivity contribution >= 4 is 28.6 Å². The molecule has 0 bridgehead atoms. The number of amides is 1. The number of carbonyl (C=O) groups is 1. The van der Waals surface area contributed by atoms with Gasteiger partial charge in [0.05, 0.1) is 24.0 Å². The minimum atomic E-state index is -4.62. The largest absolute Gasteiger partial charge is 0.452 e. The van der Waals surface area contributed by atoms with Crippen molar-refractivity contribution in [3.05, 3.63) is 35.7 Å². The number of hydrogen-bond acceptors (Lipinski definition) is 6. The molecule has 1 aliphatic carbocycles. The number of anilines is 2. The summed E-state index contributed by atoms with van der Waals surface area (Å²) in [6.07, 6.45) is 1.03. The van der Waals surface area contributed by atoms with Crippen LogP contribution in [-0.4, -0.2) is 54.3 Å². The maximum absolute atomic E-state index is 14.0. The van der Waals surface area contributed by atoms with Crippen molar-refractivity contribution in [2.75, 3.05) is 37.5 Å². The van der Waals surface area contributed by atoms with Gasteiger partial charge < -0.3 is 20.4 Å². The Morgan fingerprint density at radius 2 is 2.06 bits per heavy atom. The summed E-state index contributed by atoms with van der Waals surface area (Å²) in [7, 11) is 2.93. The number of H-pyrrole nitrogens is 1. The number of benzene rings is 1. The molecule has 35 heavy (non-hydrogen) atoms. The van der Waals surface area contributed by atoms with Gasteiger partial charge in [0, 0.05) is 48.5 Å². The number of halogens is 3. The van der Waals surface area contributed by atoms with Crippen LogP contribution in [-0.2, 0) is 10.9 Å². The van der Waals surface area contributed by atoms with Crippen molar-refractivity contribution in [1.29, 1.82) is 0 Å². The molecule has 3 heterocycles. The third-order valence-corrected chi connectivity index (χ3v) is 6.65. The Bertz CT molecular complexity index is 1250. The molecule has 5 rings (SSSR count). The zero-order valence-electron chi connectivity index (χ0n) is 19.5. The lowest BCUT2D eigenvalue weighted by atomic mass is 10.00. The van der Waals surface area contributed by atoms with Crippen LogP contribution >= 0.6 is 0 Å². The van der Waals surface area contributed by atoms with Crippen molar-refractivity contribution in [1.82, 2.24) is 20.3 Å². The van der Waals surface area contributed by atoms with Gasteiger partial charge in [0.25, 0.3) is 0 Å². The highest BCUT2D eigenvalue weighted by atomic mass is 19.4. The molecule has 0 radical (unpaired) electrons. The first-order chi connectivity index (χ1) is 16.8. The van der Waals surface area contributed by atoms with Crippen LogP contribution in [0.1, 0.15) is 42.7 Å². The van der Waals surface area contributed by atoms with E-state index < -0.39 is 17.8 Å². The molecule has 0 unspecified atom stereocenters. The van der Waals surface area contributed by atoms with Crippen molar-refractivity contribution in [2.24, 2.45) is 0 Å². The predicted octanol–water partition coefficient (Wildman–Crippen LogP) is 4.89. The van der Waals surface area contributed by atoms with Crippen LogP contribution in [0.25, 0.3) is 22.2 Å². The van der Waals surface area contributed by atoms with E-state index in [0.29, 0.717) is 28.7 Å². The molecule has 186 valence electrons. The van der Waals surface area contributed by atoms with Gasteiger partial charge in [0.2, 0.25) is 5.95 Å². The number of piperidine rings is 1. The summed E-state index contributed by atoms with van der Waals surface area (Å²) in [4.78, 5) is 25.1. The summed E-state index contributed by atoms with van der Waals surface area (Å²) in [5, 5.41) is 7.05. The summed E-state index contributed by atoms with van der Waals surface area (Å²) in [6.45, 7) is 1.62. The Morgan fingerprint density at radius 1 is 1.26 bits per heavy atom. The Kier molecular flexibility index (Phi) is 6.04. The van der Waals surface area contributed by atoms with E-state index in [1.54, 1.807) is 25.4 Å². The first-order valence-corrected chi connectivity index (χ1v) is 11.7. The third kappa shape index (κ3) is 4.52. The molecule has 2 aromatic heterocycles. The highest BCUT2D eigenvalue weighted by Crippen LogP contribution is 2.49. The number of carbonyl (C=O) groups excluding carboxylic acids is 1. The van der Waals surface area contributed by atoms with Crippen molar-refractivity contribution in [2.45, 2.75) is 43.8 Å². The molecular weight excluding hydrogens is 461 g/mol. The highest BCUT2D eigenvalue weighted by Gasteiger charge is 2.37. The second-order valence-electron chi connectivity index (χ2n) is 9.07. The zero-order chi connectivity index (χ0) is 24.7. The van der Waals surface area contributed by atoms with E-state index in [9.17, 15) is 18.0 Å². The van der Waals surface area contributed by atoms with Crippen LogP contribution in [0.15, 0.2) is 24.5 Å². The van der Waals surface area contributed by atoms with E-state index in [2.05, 4.69) is 25.6 Å². The van der Waals surface area contributed by atoms with Gasteiger partial charge in [0.15, 0.2) is 0 Å². The van der Waals surface area contributed by atoms with Crippen LogP contribution < -0.4 is 15.5 Å². The average Bonchev–Trinajstić information content (AvgIpc) is 3.60. The molecule has 1 aromatic carbocycles. The highest BCUT2D eigenvalue weighted by molar-refractivity contribution is 6.02. The molecule has 8 nitrogen and oxygen atoms in total. The van der Waals surface area contributed by atoms with Gasteiger partial charge in [-0.25, -0.2) is 14.8 Å². The van der Waals surface area contributed by atoms with E-state index in [1.165, 1.54) is 12.0 Å². The van der Waals surface area contributed by atoms with E-state index in [-0.39, 0.29) is 23.6 Å². The summed E-state index contributed by atoms with van der Waals surface area (Å²) in [5.41, 5.74) is 1.54. The Balaban J connectivity index is 1.61. The summed E-state index contributed by atoms with van der Waals surface area (Å²) in [6, 6.07) is 3.53. The molecule has 0 spiro atoms. The van der Waals surface area contributed by atoms with Crippen molar-refractivity contribution in [3.63, 3.8) is 0 Å². The predicted molar refractivity (Wildman–Crippen MR) is 127 cm³/mol. The lowest BCUT2D eigenvalue weighted by Crippen LogP contribution is -2.38. The quantitative estimate of drug-likeness (QED) is 0.474. The number of nitrogens with one attached hydrogen (secondary N) is 3. The number of nitrogens with zero attached hydrogens (tertiary/aromatic N) is 3. The number of rotatable bonds is 5. The van der Waals surface area contributed by atoms with E-state index in [0.717, 1.165) is 44.0 Å². The standard InChI is InChI=1S/C24H27F3N6O2/c1-33(23(34)35-2)18-8-7-15-16(11-29-21(15)19(18)13-5-6-13)20-17(24(25,26)27)12-30-22(32-20)31-14-4-3-9-28-10-14/h7-8,11-14,28-29H,3-6,9-10H2,1-2H3,(H,30,31,32)/t14-/m0/s1. The molecule has 11 heteroatoms. The van der Waals surface area contributed by atoms with Crippen LogP contribution in [0, 0.1) is 0 Å². The Labute approximate surface area is 200 Å². The molecule has 1 saturated heterocycles. The number of ether oxygens (including phenoxy) is 1. The van der Waals surface area contributed by atoms with Crippen LogP contribution in [0.3, 0.4) is 0 Å². The number of alkyl halides is 3. The second-order valence-corrected chi connectivity index (χ2v) is 9.07. The van der Waals surface area contributed by atoms with E-state index in [1.807, 2.05) is 0 Å². The Hall–Kier alpha value is -3.34. The maximum atomic E-state index is 14.0. The van der Waals surface area contributed by atoms with Crippen molar-refractivity contribution in [3.8, 4) is 11.3 Å². The van der Waals surface area contributed by atoms with Gasteiger partial charge in [-0.15, -0.1) is 0 Å². The molecule has 1 atom stereocenters. The number of aromatic nitrogens is 3. The molecule has 2 aliphatic rings. The van der Waals surface area contributed by atoms with Gasteiger partial charge in [-0.3, -0.25) is 4.90 Å². The summed E-state index contributed by atoms with van der Waals surface area (Å²) in [5.74, 6) is 0.385. The molecule has 1 amide bonds. The number of aromatic amines is 1. The van der Waals surface area contributed by atoms with Crippen LogP contribution in [0.5, 0.6) is 0 Å². The van der Waals surface area contributed by atoms with E-state index in [4.69, 9.17) is 4.74 Å². The molecule has 3 aromatic rings. The van der Waals surface area contributed by atoms with Crippen molar-refractivity contribution < 1.29 is 22.7 Å². The molecule has 1 saturated carbocycles. The average molecular weight is 489 g/mol. The fraction of sp³-hybridized carbons (Fsp3) is 0.458. The normalized spacial score (nSPS) is 18.5. The van der Waals surface area contributed by atoms with Gasteiger partial charge in [0.1, 0.15) is 5.56 Å². The number of fused-ring (bicyclic) bond motifs is 1. The molecule has 2 fully saturated rings. The summed E-state index contributed by atoms with van der Waals surface area (Å²) >= 11 is 0. The van der Waals surface area contributed by atoms with Gasteiger partial charge in [-0.1, -0.05) is 6.07 Å². The second kappa shape index (κ2) is 9.03. The minimum absolute atomic E-state index is 0.0502. The summed E-state index contributed by atoms with van der Waals surface area (Å²) < 4.78 is 46.8. The topological polar surface area (TPSA) is 95.2 Å². The fourth-order valence-electron chi connectivity index (χ4n) is 4.74. The monoisotopic (exact) mass is 488 g/mol. The first kappa shape index (κ1) is 23.4. The number of methoxy groups -OCH3 is 1. The third-order valence-electron chi connectivity index (χ3n) is 6.65. The Morgan fingerprint density at radius 3 is 2.71 bits per heavy atom. The molecule has 3 N–H and O–H groups in total. The first-order valence-electron chi connectivity index (χ1n) is 11.7. The van der Waals surface area contributed by atoms with E-state index >= 15 is 0 Å². The lowest BCUT2D eigenvalue weighted by Gasteiger charge is -2.24. The number of hydrogen-bond donors (Lipinski definition) is 3. The fourth-order valence-corrected chi connectivity index (χ4v) is 4.74. The van der Waals surface area contributed by atoms with Gasteiger partial charge in [-0.05, 0) is 44.2 Å².